The Morgan fingerprint density at radius 2 is 2.39 bits per heavy atom. The number of nitrogens with one attached hydrogen (secondary N) is 1. The van der Waals surface area contributed by atoms with E-state index >= 15 is 0 Å². The van der Waals surface area contributed by atoms with Gasteiger partial charge in [0.05, 0.1) is 0 Å². The molecule has 2 fully saturated rings. The zero-order valence-corrected chi connectivity index (χ0v) is 10.7. The highest BCUT2D eigenvalue weighted by molar-refractivity contribution is 5.80. The van der Waals surface area contributed by atoms with E-state index in [-0.39, 0.29) is 11.9 Å². The van der Waals surface area contributed by atoms with Crippen LogP contribution in [-0.4, -0.2) is 46.3 Å². The Kier molecular flexibility index (Phi) is 3.07. The summed E-state index contributed by atoms with van der Waals surface area (Å²) in [5.74, 6) is 0.836. The lowest BCUT2D eigenvalue weighted by Gasteiger charge is -2.24. The minimum atomic E-state index is -0.194. The van der Waals surface area contributed by atoms with Crippen LogP contribution in [0.2, 0.25) is 0 Å². The lowest BCUT2D eigenvalue weighted by atomic mass is 9.94. The molecule has 0 bridgehead atoms. The van der Waals surface area contributed by atoms with Crippen molar-refractivity contribution in [2.45, 2.75) is 31.8 Å². The highest BCUT2D eigenvalue weighted by atomic mass is 16.2. The Morgan fingerprint density at radius 1 is 1.50 bits per heavy atom. The third-order valence-corrected chi connectivity index (χ3v) is 4.19. The quantitative estimate of drug-likeness (QED) is 0.836. The predicted molar refractivity (Wildman–Crippen MR) is 68.0 cm³/mol. The maximum atomic E-state index is 12.4. The molecular weight excluding hydrogens is 228 g/mol. The lowest BCUT2D eigenvalue weighted by molar-refractivity contribution is -0.133. The Labute approximate surface area is 107 Å². The van der Waals surface area contributed by atoms with Crippen molar-refractivity contribution in [2.75, 3.05) is 19.6 Å². The highest BCUT2D eigenvalue weighted by Gasteiger charge is 2.37. The summed E-state index contributed by atoms with van der Waals surface area (Å²) in [4.78, 5) is 14.4. The van der Waals surface area contributed by atoms with E-state index in [2.05, 4.69) is 10.4 Å². The minimum absolute atomic E-state index is 0.190. The number of likely N-dealkylation sites (tertiary alicyclic amines) is 1. The standard InChI is InChI=1S/C13H20N4O/c1-10(17-7-3-6-15-17)13(18)16-8-11-4-2-5-14-12(11)9-16/h3,6-7,10-12,14H,2,4-5,8-9H2,1H3. The number of aromatic nitrogens is 2. The first-order chi connectivity index (χ1) is 8.75. The van der Waals surface area contributed by atoms with E-state index in [0.717, 1.165) is 19.6 Å². The van der Waals surface area contributed by atoms with Crippen molar-refractivity contribution in [1.29, 1.82) is 0 Å². The number of carbonyl (C=O) groups is 1. The van der Waals surface area contributed by atoms with Gasteiger partial charge in [0.25, 0.3) is 0 Å². The summed E-state index contributed by atoms with van der Waals surface area (Å²) in [7, 11) is 0. The molecule has 5 nitrogen and oxygen atoms in total. The van der Waals surface area contributed by atoms with Crippen LogP contribution < -0.4 is 5.32 Å². The number of rotatable bonds is 2. The number of hydrogen-bond acceptors (Lipinski definition) is 3. The molecule has 98 valence electrons. The zero-order chi connectivity index (χ0) is 12.5. The maximum absolute atomic E-state index is 12.4. The number of carbonyl (C=O) groups excluding carboxylic acids is 1. The van der Waals surface area contributed by atoms with Crippen LogP contribution in [0.4, 0.5) is 0 Å². The molecule has 1 N–H and O–H groups in total. The van der Waals surface area contributed by atoms with Crippen LogP contribution >= 0.6 is 0 Å². The average molecular weight is 248 g/mol. The molecule has 3 unspecified atom stereocenters. The number of amides is 1. The van der Waals surface area contributed by atoms with Gasteiger partial charge in [-0.25, -0.2) is 0 Å². The molecule has 2 aliphatic rings. The molecular formula is C13H20N4O. The van der Waals surface area contributed by atoms with Gasteiger partial charge in [0.15, 0.2) is 0 Å². The molecule has 0 saturated carbocycles. The first-order valence-electron chi connectivity index (χ1n) is 6.77. The first kappa shape index (κ1) is 11.7. The van der Waals surface area contributed by atoms with Crippen LogP contribution in [0.25, 0.3) is 0 Å². The smallest absolute Gasteiger partial charge is 0.247 e. The van der Waals surface area contributed by atoms with Gasteiger partial charge in [-0.15, -0.1) is 0 Å². The number of nitrogens with zero attached hydrogens (tertiary/aromatic N) is 3. The molecule has 0 radical (unpaired) electrons. The second-order valence-electron chi connectivity index (χ2n) is 5.37. The van der Waals surface area contributed by atoms with Gasteiger partial charge in [0.2, 0.25) is 5.91 Å². The second-order valence-corrected chi connectivity index (χ2v) is 5.37. The molecule has 3 heterocycles. The molecule has 1 aromatic heterocycles. The molecule has 0 aliphatic carbocycles. The van der Waals surface area contributed by atoms with Crippen molar-refractivity contribution in [3.63, 3.8) is 0 Å². The monoisotopic (exact) mass is 248 g/mol. The summed E-state index contributed by atoms with van der Waals surface area (Å²) in [6.45, 7) is 4.78. The van der Waals surface area contributed by atoms with Crippen LogP contribution in [0.15, 0.2) is 18.5 Å². The summed E-state index contributed by atoms with van der Waals surface area (Å²) in [5, 5.41) is 7.68. The molecule has 3 atom stereocenters. The molecule has 18 heavy (non-hydrogen) atoms. The SMILES string of the molecule is CC(C(=O)N1CC2CCCNC2C1)n1cccn1. The summed E-state index contributed by atoms with van der Waals surface area (Å²) in [6.07, 6.45) is 6.05. The van der Waals surface area contributed by atoms with E-state index in [1.165, 1.54) is 12.8 Å². The Bertz CT molecular complexity index is 403. The molecule has 2 saturated heterocycles. The minimum Gasteiger partial charge on any atom is -0.339 e. The van der Waals surface area contributed by atoms with Crippen molar-refractivity contribution >= 4 is 5.91 Å². The van der Waals surface area contributed by atoms with Crippen LogP contribution in [0.5, 0.6) is 0 Å². The fourth-order valence-corrected chi connectivity index (χ4v) is 3.11. The average Bonchev–Trinajstić information content (AvgIpc) is 3.05. The van der Waals surface area contributed by atoms with Gasteiger partial charge in [0.1, 0.15) is 6.04 Å². The van der Waals surface area contributed by atoms with Gasteiger partial charge in [-0.2, -0.15) is 5.10 Å². The molecule has 2 aliphatic heterocycles. The normalized spacial score (nSPS) is 29.1. The Morgan fingerprint density at radius 3 is 3.11 bits per heavy atom. The summed E-state index contributed by atoms with van der Waals surface area (Å²) in [5.41, 5.74) is 0. The molecule has 3 rings (SSSR count). The number of fused-ring (bicyclic) bond motifs is 1. The molecule has 5 heteroatoms. The van der Waals surface area contributed by atoms with E-state index in [9.17, 15) is 4.79 Å². The topological polar surface area (TPSA) is 50.2 Å². The van der Waals surface area contributed by atoms with E-state index in [4.69, 9.17) is 0 Å². The largest absolute Gasteiger partial charge is 0.339 e. The summed E-state index contributed by atoms with van der Waals surface area (Å²) in [6, 6.07) is 2.17. The van der Waals surface area contributed by atoms with Crippen molar-refractivity contribution in [3.05, 3.63) is 18.5 Å². The number of hydrogen-bond donors (Lipinski definition) is 1. The maximum Gasteiger partial charge on any atom is 0.247 e. The van der Waals surface area contributed by atoms with Crippen LogP contribution in [0, 0.1) is 5.92 Å². The van der Waals surface area contributed by atoms with Gasteiger partial charge < -0.3 is 10.2 Å². The Balaban J connectivity index is 1.67. The fraction of sp³-hybridized carbons (Fsp3) is 0.692. The van der Waals surface area contributed by atoms with Crippen LogP contribution in [-0.2, 0) is 4.79 Å². The summed E-state index contributed by atoms with van der Waals surface area (Å²) < 4.78 is 1.73. The summed E-state index contributed by atoms with van der Waals surface area (Å²) >= 11 is 0. The van der Waals surface area contributed by atoms with Crippen LogP contribution in [0.1, 0.15) is 25.8 Å². The van der Waals surface area contributed by atoms with Crippen molar-refractivity contribution < 1.29 is 4.79 Å². The van der Waals surface area contributed by atoms with E-state index in [1.54, 1.807) is 10.9 Å². The van der Waals surface area contributed by atoms with E-state index < -0.39 is 0 Å². The van der Waals surface area contributed by atoms with Gasteiger partial charge >= 0.3 is 0 Å². The second kappa shape index (κ2) is 4.72. The first-order valence-corrected chi connectivity index (χ1v) is 6.77. The predicted octanol–water partition coefficient (Wildman–Crippen LogP) is 0.654. The van der Waals surface area contributed by atoms with Crippen LogP contribution in [0.3, 0.4) is 0 Å². The van der Waals surface area contributed by atoms with Crippen molar-refractivity contribution in [2.24, 2.45) is 5.92 Å². The molecule has 1 amide bonds. The van der Waals surface area contributed by atoms with Gasteiger partial charge in [-0.1, -0.05) is 0 Å². The van der Waals surface area contributed by atoms with E-state index in [0.29, 0.717) is 12.0 Å². The van der Waals surface area contributed by atoms with E-state index in [1.807, 2.05) is 24.1 Å². The third kappa shape index (κ3) is 2.03. The van der Waals surface area contributed by atoms with Gasteiger partial charge in [-0.3, -0.25) is 9.48 Å². The third-order valence-electron chi connectivity index (χ3n) is 4.19. The van der Waals surface area contributed by atoms with Crippen molar-refractivity contribution in [3.8, 4) is 0 Å². The van der Waals surface area contributed by atoms with Crippen molar-refractivity contribution in [1.82, 2.24) is 20.0 Å². The highest BCUT2D eigenvalue weighted by Crippen LogP contribution is 2.26. The van der Waals surface area contributed by atoms with Gasteiger partial charge in [0, 0.05) is 31.5 Å². The zero-order valence-electron chi connectivity index (χ0n) is 10.7. The molecule has 0 aromatic carbocycles. The fourth-order valence-electron chi connectivity index (χ4n) is 3.11. The Hall–Kier alpha value is -1.36. The van der Waals surface area contributed by atoms with Gasteiger partial charge in [-0.05, 0) is 38.3 Å². The number of piperidine rings is 1. The molecule has 0 spiro atoms. The lowest BCUT2D eigenvalue weighted by Crippen LogP contribution is -2.41. The molecule has 1 aromatic rings.